The number of aryl methyl sites for hydroxylation is 2. The quantitative estimate of drug-likeness (QED) is 0.889. The number of aromatic carboxylic acids is 1. The van der Waals surface area contributed by atoms with Crippen LogP contribution in [-0.4, -0.2) is 34.6 Å². The molecule has 0 aliphatic rings. The number of nitrogens with zero attached hydrogens (tertiary/aromatic N) is 1. The van der Waals surface area contributed by atoms with E-state index >= 15 is 0 Å². The molecule has 0 fully saturated rings. The Labute approximate surface area is 126 Å². The first-order valence-electron chi connectivity index (χ1n) is 6.99. The second-order valence-electron chi connectivity index (χ2n) is 5.96. The molecule has 0 saturated heterocycles. The van der Waals surface area contributed by atoms with Crippen LogP contribution in [0.1, 0.15) is 48.7 Å². The van der Waals surface area contributed by atoms with Crippen molar-refractivity contribution in [1.29, 1.82) is 0 Å². The molecule has 2 N–H and O–H groups in total. The van der Waals surface area contributed by atoms with Crippen molar-refractivity contribution in [2.45, 2.75) is 46.6 Å². The topological polar surface area (TPSA) is 69.6 Å². The van der Waals surface area contributed by atoms with Crippen LogP contribution in [0.15, 0.2) is 12.1 Å². The van der Waals surface area contributed by atoms with Gasteiger partial charge in [0.2, 0.25) is 0 Å². The summed E-state index contributed by atoms with van der Waals surface area (Å²) in [4.78, 5) is 25.3. The second-order valence-corrected chi connectivity index (χ2v) is 5.96. The summed E-state index contributed by atoms with van der Waals surface area (Å²) in [6.45, 7) is 9.56. The van der Waals surface area contributed by atoms with E-state index in [1.165, 1.54) is 0 Å². The fraction of sp³-hybridized carbons (Fsp3) is 0.500. The fourth-order valence-corrected chi connectivity index (χ4v) is 2.01. The molecule has 21 heavy (non-hydrogen) atoms. The van der Waals surface area contributed by atoms with Gasteiger partial charge in [0.15, 0.2) is 0 Å². The van der Waals surface area contributed by atoms with Crippen molar-refractivity contribution in [2.24, 2.45) is 0 Å². The summed E-state index contributed by atoms with van der Waals surface area (Å²) in [5.74, 6) is -1.05. The molecule has 1 aromatic carbocycles. The van der Waals surface area contributed by atoms with Crippen LogP contribution in [0.2, 0.25) is 0 Å². The first kappa shape index (κ1) is 17.0. The van der Waals surface area contributed by atoms with Gasteiger partial charge in [-0.05, 0) is 51.3 Å². The maximum absolute atomic E-state index is 12.4. The molecule has 0 spiro atoms. The maximum atomic E-state index is 12.4. The van der Waals surface area contributed by atoms with E-state index in [1.807, 2.05) is 33.8 Å². The van der Waals surface area contributed by atoms with Gasteiger partial charge < -0.3 is 15.3 Å². The number of carboxylic acid groups (broad SMARTS) is 1. The van der Waals surface area contributed by atoms with Crippen molar-refractivity contribution < 1.29 is 14.7 Å². The monoisotopic (exact) mass is 292 g/mol. The van der Waals surface area contributed by atoms with Crippen molar-refractivity contribution in [3.8, 4) is 0 Å². The van der Waals surface area contributed by atoms with Crippen LogP contribution in [0.5, 0.6) is 0 Å². The summed E-state index contributed by atoms with van der Waals surface area (Å²) in [6, 6.07) is 3.11. The van der Waals surface area contributed by atoms with Gasteiger partial charge >= 0.3 is 12.0 Å². The lowest BCUT2D eigenvalue weighted by atomic mass is 10.0. The van der Waals surface area contributed by atoms with Gasteiger partial charge in [0.1, 0.15) is 0 Å². The van der Waals surface area contributed by atoms with Crippen LogP contribution in [0.3, 0.4) is 0 Å². The number of hydrogen-bond donors (Lipinski definition) is 2. The number of rotatable bonds is 4. The molecule has 0 saturated carbocycles. The van der Waals surface area contributed by atoms with Crippen LogP contribution in [0, 0.1) is 13.8 Å². The Morgan fingerprint density at radius 2 is 1.86 bits per heavy atom. The van der Waals surface area contributed by atoms with Crippen molar-refractivity contribution in [3.05, 3.63) is 28.8 Å². The molecule has 0 heterocycles. The van der Waals surface area contributed by atoms with E-state index < -0.39 is 5.97 Å². The Morgan fingerprint density at radius 3 is 2.33 bits per heavy atom. The molecule has 0 aliphatic heterocycles. The number of carbonyl (C=O) groups excluding carboxylic acids is 1. The molecule has 0 bridgehead atoms. The first-order chi connectivity index (χ1) is 9.60. The van der Waals surface area contributed by atoms with Crippen LogP contribution in [-0.2, 0) is 0 Å². The fourth-order valence-electron chi connectivity index (χ4n) is 2.01. The molecular weight excluding hydrogens is 268 g/mol. The summed E-state index contributed by atoms with van der Waals surface area (Å²) >= 11 is 0. The zero-order valence-corrected chi connectivity index (χ0v) is 13.6. The number of amides is 2. The Morgan fingerprint density at radius 1 is 1.29 bits per heavy atom. The van der Waals surface area contributed by atoms with Crippen LogP contribution < -0.4 is 5.32 Å². The SMILES string of the molecule is CCC(C)(C)N(C)C(=O)Nc1c(C)cc(C)cc1C(=O)O. The Bertz CT molecular complexity index is 565. The number of benzene rings is 1. The van der Waals surface area contributed by atoms with Gasteiger partial charge in [0.25, 0.3) is 0 Å². The molecule has 0 aliphatic carbocycles. The minimum absolute atomic E-state index is 0.114. The molecule has 116 valence electrons. The lowest BCUT2D eigenvalue weighted by Gasteiger charge is -2.35. The molecule has 5 heteroatoms. The predicted octanol–water partition coefficient (Wildman–Crippen LogP) is 3.65. The molecule has 1 rings (SSSR count). The average molecular weight is 292 g/mol. The highest BCUT2D eigenvalue weighted by atomic mass is 16.4. The smallest absolute Gasteiger partial charge is 0.337 e. The number of urea groups is 1. The van der Waals surface area contributed by atoms with Crippen molar-refractivity contribution in [3.63, 3.8) is 0 Å². The van der Waals surface area contributed by atoms with E-state index in [1.54, 1.807) is 24.9 Å². The third-order valence-corrected chi connectivity index (χ3v) is 4.02. The minimum Gasteiger partial charge on any atom is -0.478 e. The van der Waals surface area contributed by atoms with Crippen LogP contribution in [0.4, 0.5) is 10.5 Å². The second kappa shape index (κ2) is 6.16. The van der Waals surface area contributed by atoms with Crippen LogP contribution in [0.25, 0.3) is 0 Å². The zero-order chi connectivity index (χ0) is 16.4. The molecule has 2 amide bonds. The Hall–Kier alpha value is -2.04. The number of nitrogens with one attached hydrogen (secondary N) is 1. The highest BCUT2D eigenvalue weighted by Gasteiger charge is 2.27. The summed E-state index contributed by atoms with van der Waals surface area (Å²) in [7, 11) is 1.71. The minimum atomic E-state index is -1.05. The lowest BCUT2D eigenvalue weighted by molar-refractivity contribution is 0.0698. The lowest BCUT2D eigenvalue weighted by Crippen LogP contribution is -2.46. The normalized spacial score (nSPS) is 11.1. The van der Waals surface area contributed by atoms with E-state index in [9.17, 15) is 14.7 Å². The summed E-state index contributed by atoms with van der Waals surface area (Å²) in [5.41, 5.74) is 1.76. The van der Waals surface area contributed by atoms with Crippen molar-refractivity contribution in [2.75, 3.05) is 12.4 Å². The third-order valence-electron chi connectivity index (χ3n) is 4.02. The third kappa shape index (κ3) is 3.74. The van der Waals surface area contributed by atoms with Gasteiger partial charge in [-0.1, -0.05) is 13.0 Å². The van der Waals surface area contributed by atoms with Gasteiger partial charge in [-0.15, -0.1) is 0 Å². The van der Waals surface area contributed by atoms with Crippen molar-refractivity contribution in [1.82, 2.24) is 4.90 Å². The number of carboxylic acids is 1. The zero-order valence-electron chi connectivity index (χ0n) is 13.6. The van der Waals surface area contributed by atoms with E-state index in [0.29, 0.717) is 5.69 Å². The van der Waals surface area contributed by atoms with E-state index in [-0.39, 0.29) is 17.1 Å². The maximum Gasteiger partial charge on any atom is 0.337 e. The standard InChI is InChI=1S/C16H24N2O3/c1-7-16(4,5)18(6)15(21)17-13-11(3)8-10(2)9-12(13)14(19)20/h8-9H,7H2,1-6H3,(H,17,21)(H,19,20). The van der Waals surface area contributed by atoms with Crippen molar-refractivity contribution >= 4 is 17.7 Å². The molecule has 0 atom stereocenters. The molecule has 1 aromatic rings. The molecule has 0 aromatic heterocycles. The largest absolute Gasteiger partial charge is 0.478 e. The summed E-state index contributed by atoms with van der Waals surface area (Å²) in [5, 5.41) is 12.0. The molecule has 5 nitrogen and oxygen atoms in total. The predicted molar refractivity (Wildman–Crippen MR) is 84.0 cm³/mol. The van der Waals surface area contributed by atoms with Gasteiger partial charge in [-0.2, -0.15) is 0 Å². The number of carbonyl (C=O) groups is 2. The molecular formula is C16H24N2O3. The van der Waals surface area contributed by atoms with Gasteiger partial charge in [0, 0.05) is 12.6 Å². The van der Waals surface area contributed by atoms with Crippen LogP contribution >= 0.6 is 0 Å². The van der Waals surface area contributed by atoms with E-state index in [0.717, 1.165) is 17.5 Å². The van der Waals surface area contributed by atoms with E-state index in [4.69, 9.17) is 0 Å². The van der Waals surface area contributed by atoms with E-state index in [2.05, 4.69) is 5.32 Å². The highest BCUT2D eigenvalue weighted by Crippen LogP contribution is 2.25. The number of anilines is 1. The molecule has 0 unspecified atom stereocenters. The Balaban J connectivity index is 3.14. The number of hydrogen-bond acceptors (Lipinski definition) is 2. The first-order valence-corrected chi connectivity index (χ1v) is 6.99. The highest BCUT2D eigenvalue weighted by molar-refractivity contribution is 6.01. The van der Waals surface area contributed by atoms with Gasteiger partial charge in [-0.25, -0.2) is 9.59 Å². The summed E-state index contributed by atoms with van der Waals surface area (Å²) < 4.78 is 0. The van der Waals surface area contributed by atoms with Gasteiger partial charge in [0.05, 0.1) is 11.3 Å². The Kier molecular flexibility index (Phi) is 4.99. The average Bonchev–Trinajstić information content (AvgIpc) is 2.40. The molecule has 0 radical (unpaired) electrons. The van der Waals surface area contributed by atoms with Gasteiger partial charge in [-0.3, -0.25) is 0 Å². The summed E-state index contributed by atoms with van der Waals surface area (Å²) in [6.07, 6.45) is 0.801.